The van der Waals surface area contributed by atoms with Crippen LogP contribution in [0.4, 0.5) is 5.69 Å². The van der Waals surface area contributed by atoms with Crippen LogP contribution in [0.2, 0.25) is 0 Å². The molecular formula is C14H15N5O2. The lowest BCUT2D eigenvalue weighted by Gasteiger charge is -2.16. The van der Waals surface area contributed by atoms with E-state index >= 15 is 0 Å². The fraction of sp³-hybridized carbons (Fsp3) is 0.429. The number of hydrogen-bond donors (Lipinski definition) is 1. The van der Waals surface area contributed by atoms with Gasteiger partial charge in [0.25, 0.3) is 5.89 Å². The van der Waals surface area contributed by atoms with Gasteiger partial charge >= 0.3 is 0 Å². The maximum absolute atomic E-state index is 9.03. The molecule has 3 heterocycles. The molecule has 0 radical (unpaired) electrons. The highest BCUT2D eigenvalue weighted by molar-refractivity contribution is 5.53. The van der Waals surface area contributed by atoms with E-state index in [9.17, 15) is 0 Å². The third-order valence-corrected chi connectivity index (χ3v) is 3.47. The van der Waals surface area contributed by atoms with Crippen molar-refractivity contribution in [1.29, 1.82) is 5.26 Å². The summed E-state index contributed by atoms with van der Waals surface area (Å²) in [6.07, 6.45) is 2.31. The predicted molar refractivity (Wildman–Crippen MR) is 73.3 cm³/mol. The summed E-state index contributed by atoms with van der Waals surface area (Å²) >= 11 is 0. The number of hydrogen-bond acceptors (Lipinski definition) is 7. The molecule has 21 heavy (non-hydrogen) atoms. The van der Waals surface area contributed by atoms with Crippen LogP contribution in [-0.2, 0) is 4.74 Å². The van der Waals surface area contributed by atoms with Gasteiger partial charge in [-0.15, -0.1) is 0 Å². The Labute approximate surface area is 121 Å². The molecule has 0 spiro atoms. The SMILES string of the molecule is Cc1noc([C@H]2OCC[C@H]2CNc2cccnc2C#N)n1. The fourth-order valence-electron chi connectivity index (χ4n) is 2.42. The average Bonchev–Trinajstić information content (AvgIpc) is 3.13. The summed E-state index contributed by atoms with van der Waals surface area (Å²) in [6, 6.07) is 5.71. The van der Waals surface area contributed by atoms with Crippen LogP contribution in [0.1, 0.15) is 29.9 Å². The van der Waals surface area contributed by atoms with Crippen LogP contribution in [0.5, 0.6) is 0 Å². The van der Waals surface area contributed by atoms with Crippen LogP contribution < -0.4 is 5.32 Å². The van der Waals surface area contributed by atoms with E-state index in [1.165, 1.54) is 0 Å². The topological polar surface area (TPSA) is 96.9 Å². The zero-order chi connectivity index (χ0) is 14.7. The lowest BCUT2D eigenvalue weighted by atomic mass is 10.0. The molecule has 0 amide bonds. The minimum atomic E-state index is -0.194. The van der Waals surface area contributed by atoms with Gasteiger partial charge in [-0.25, -0.2) is 4.98 Å². The summed E-state index contributed by atoms with van der Waals surface area (Å²) in [7, 11) is 0. The number of aromatic nitrogens is 3. The van der Waals surface area contributed by atoms with Crippen LogP contribution in [-0.4, -0.2) is 28.3 Å². The van der Waals surface area contributed by atoms with Gasteiger partial charge in [-0.2, -0.15) is 10.2 Å². The highest BCUT2D eigenvalue weighted by atomic mass is 16.5. The van der Waals surface area contributed by atoms with Crippen molar-refractivity contribution in [3.63, 3.8) is 0 Å². The molecule has 2 aromatic rings. The maximum atomic E-state index is 9.03. The van der Waals surface area contributed by atoms with Crippen molar-refractivity contribution in [2.45, 2.75) is 19.4 Å². The van der Waals surface area contributed by atoms with E-state index in [-0.39, 0.29) is 12.0 Å². The first-order valence-electron chi connectivity index (χ1n) is 6.78. The van der Waals surface area contributed by atoms with Gasteiger partial charge < -0.3 is 14.6 Å². The first-order chi connectivity index (χ1) is 10.3. The monoisotopic (exact) mass is 285 g/mol. The number of aryl methyl sites for hydroxylation is 1. The summed E-state index contributed by atoms with van der Waals surface area (Å²) in [5.41, 5.74) is 1.12. The van der Waals surface area contributed by atoms with Gasteiger partial charge in [0.15, 0.2) is 11.5 Å². The molecule has 0 aromatic carbocycles. The minimum Gasteiger partial charge on any atom is -0.382 e. The molecular weight excluding hydrogens is 270 g/mol. The highest BCUT2D eigenvalue weighted by Gasteiger charge is 2.33. The number of rotatable bonds is 4. The average molecular weight is 285 g/mol. The van der Waals surface area contributed by atoms with E-state index in [0.717, 1.165) is 12.1 Å². The normalized spacial score (nSPS) is 21.1. The van der Waals surface area contributed by atoms with Crippen molar-refractivity contribution in [2.75, 3.05) is 18.5 Å². The van der Waals surface area contributed by atoms with Crippen molar-refractivity contribution in [3.8, 4) is 6.07 Å². The first kappa shape index (κ1) is 13.5. The number of anilines is 1. The molecule has 1 aliphatic heterocycles. The molecule has 1 fully saturated rings. The molecule has 0 bridgehead atoms. The summed E-state index contributed by atoms with van der Waals surface area (Å²) in [5, 5.41) is 16.1. The van der Waals surface area contributed by atoms with Crippen molar-refractivity contribution >= 4 is 5.69 Å². The van der Waals surface area contributed by atoms with E-state index in [0.29, 0.717) is 30.6 Å². The molecule has 7 nitrogen and oxygen atoms in total. The Bertz CT molecular complexity index is 663. The molecule has 0 saturated carbocycles. The third kappa shape index (κ3) is 2.85. The lowest BCUT2D eigenvalue weighted by Crippen LogP contribution is -2.18. The van der Waals surface area contributed by atoms with Crippen molar-refractivity contribution in [1.82, 2.24) is 15.1 Å². The number of ether oxygens (including phenoxy) is 1. The predicted octanol–water partition coefficient (Wildman–Crippen LogP) is 1.83. The zero-order valence-corrected chi connectivity index (χ0v) is 11.6. The molecule has 3 rings (SSSR count). The second-order valence-electron chi connectivity index (χ2n) is 4.91. The Morgan fingerprint density at radius 1 is 1.52 bits per heavy atom. The lowest BCUT2D eigenvalue weighted by molar-refractivity contribution is 0.0650. The van der Waals surface area contributed by atoms with E-state index in [1.807, 2.05) is 6.07 Å². The Hall–Kier alpha value is -2.46. The molecule has 1 saturated heterocycles. The third-order valence-electron chi connectivity index (χ3n) is 3.47. The van der Waals surface area contributed by atoms with E-state index in [1.54, 1.807) is 19.2 Å². The molecule has 1 N–H and O–H groups in total. The van der Waals surface area contributed by atoms with Gasteiger partial charge in [-0.1, -0.05) is 5.16 Å². The van der Waals surface area contributed by atoms with E-state index in [4.69, 9.17) is 14.5 Å². The minimum absolute atomic E-state index is 0.194. The van der Waals surface area contributed by atoms with Crippen LogP contribution in [0.15, 0.2) is 22.9 Å². The standard InChI is InChI=1S/C14H15N5O2/c1-9-18-14(21-19-9)13-10(4-6-20-13)8-17-11-3-2-5-16-12(11)7-15/h2-3,5,10,13,17H,4,6,8H2,1H3/t10-,13-/m0/s1. The largest absolute Gasteiger partial charge is 0.382 e. The van der Waals surface area contributed by atoms with Crippen LogP contribution in [0.25, 0.3) is 0 Å². The smallest absolute Gasteiger partial charge is 0.256 e. The Balaban J connectivity index is 1.68. The van der Waals surface area contributed by atoms with Crippen molar-refractivity contribution in [3.05, 3.63) is 35.7 Å². The molecule has 2 aromatic heterocycles. The molecule has 108 valence electrons. The first-order valence-corrected chi connectivity index (χ1v) is 6.78. The fourth-order valence-corrected chi connectivity index (χ4v) is 2.42. The maximum Gasteiger partial charge on any atom is 0.256 e. The summed E-state index contributed by atoms with van der Waals surface area (Å²) < 4.78 is 10.9. The van der Waals surface area contributed by atoms with Gasteiger partial charge in [0.05, 0.1) is 5.69 Å². The molecule has 7 heteroatoms. The van der Waals surface area contributed by atoms with Gasteiger partial charge in [0, 0.05) is 25.3 Å². The number of nitriles is 1. The van der Waals surface area contributed by atoms with Crippen LogP contribution >= 0.6 is 0 Å². The number of pyridine rings is 1. The summed E-state index contributed by atoms with van der Waals surface area (Å²) in [4.78, 5) is 8.26. The van der Waals surface area contributed by atoms with E-state index in [2.05, 4.69) is 26.5 Å². The summed E-state index contributed by atoms with van der Waals surface area (Å²) in [5.74, 6) is 1.34. The molecule has 1 aliphatic rings. The quantitative estimate of drug-likeness (QED) is 0.915. The zero-order valence-electron chi connectivity index (χ0n) is 11.6. The molecule has 2 atom stereocenters. The van der Waals surface area contributed by atoms with Gasteiger partial charge in [-0.05, 0) is 25.5 Å². The Morgan fingerprint density at radius 2 is 2.43 bits per heavy atom. The second-order valence-corrected chi connectivity index (χ2v) is 4.91. The Morgan fingerprint density at radius 3 is 3.19 bits per heavy atom. The van der Waals surface area contributed by atoms with Gasteiger partial charge in [0.1, 0.15) is 12.2 Å². The summed E-state index contributed by atoms with van der Waals surface area (Å²) in [6.45, 7) is 3.10. The van der Waals surface area contributed by atoms with Crippen molar-refractivity contribution in [2.24, 2.45) is 5.92 Å². The molecule has 0 aliphatic carbocycles. The van der Waals surface area contributed by atoms with Crippen LogP contribution in [0.3, 0.4) is 0 Å². The highest BCUT2D eigenvalue weighted by Crippen LogP contribution is 2.33. The molecule has 0 unspecified atom stereocenters. The van der Waals surface area contributed by atoms with Gasteiger partial charge in [-0.3, -0.25) is 0 Å². The van der Waals surface area contributed by atoms with Crippen LogP contribution in [0, 0.1) is 24.2 Å². The van der Waals surface area contributed by atoms with Gasteiger partial charge in [0.2, 0.25) is 0 Å². The van der Waals surface area contributed by atoms with E-state index < -0.39 is 0 Å². The Kier molecular flexibility index (Phi) is 3.79. The van der Waals surface area contributed by atoms with Crippen molar-refractivity contribution < 1.29 is 9.26 Å². The number of nitrogens with zero attached hydrogens (tertiary/aromatic N) is 4. The number of nitrogens with one attached hydrogen (secondary N) is 1. The second kappa shape index (κ2) is 5.89.